The van der Waals surface area contributed by atoms with Crippen molar-refractivity contribution < 1.29 is 26.1 Å². The smallest absolute Gasteiger partial charge is 0.286 e. The second-order valence-corrected chi connectivity index (χ2v) is 4.60. The van der Waals surface area contributed by atoms with Crippen LogP contribution in [0, 0.1) is 0 Å². The molecule has 0 atom stereocenters. The van der Waals surface area contributed by atoms with E-state index < -0.39 is 34.9 Å². The Morgan fingerprint density at radius 1 is 1.12 bits per heavy atom. The predicted octanol–water partition coefficient (Wildman–Crippen LogP) is 2.30. The van der Waals surface area contributed by atoms with Crippen LogP contribution < -0.4 is 0 Å². The number of rotatable bonds is 3. The third kappa shape index (κ3) is 14.8. The zero-order valence-electron chi connectivity index (χ0n) is 8.76. The summed E-state index contributed by atoms with van der Waals surface area (Å²) in [7, 11) is -4.25. The van der Waals surface area contributed by atoms with Gasteiger partial charge in [-0.3, -0.25) is 9.54 Å². The number of hydrogen-bond acceptors (Lipinski definition) is 3. The summed E-state index contributed by atoms with van der Waals surface area (Å²) in [6, 6.07) is 5.72. The molecule has 0 radical (unpaired) electrons. The van der Waals surface area contributed by atoms with Crippen LogP contribution in [0.25, 0.3) is 0 Å². The molecule has 0 aromatic carbocycles. The van der Waals surface area contributed by atoms with Crippen LogP contribution in [-0.4, -0.2) is 29.9 Å². The van der Waals surface area contributed by atoms with E-state index in [2.05, 4.69) is 4.98 Å². The minimum absolute atomic E-state index is 0.595. The van der Waals surface area contributed by atoms with Crippen LogP contribution in [0.1, 0.15) is 12.8 Å². The van der Waals surface area contributed by atoms with Crippen molar-refractivity contribution in [2.75, 3.05) is 5.75 Å². The summed E-state index contributed by atoms with van der Waals surface area (Å²) in [4.78, 5) is 3.78. The highest BCUT2D eigenvalue weighted by atomic mass is 32.2. The molecular formula is C9H12F3NO3S. The molecule has 0 saturated heterocycles. The van der Waals surface area contributed by atoms with Gasteiger partial charge in [0, 0.05) is 18.8 Å². The monoisotopic (exact) mass is 271 g/mol. The summed E-state index contributed by atoms with van der Waals surface area (Å²) < 4.78 is 61.9. The maximum absolute atomic E-state index is 11.4. The molecular weight excluding hydrogens is 259 g/mol. The SMILES string of the molecule is O=S(=O)(O)CCCC(F)(F)F.c1ccncc1. The highest BCUT2D eigenvalue weighted by Crippen LogP contribution is 2.21. The fraction of sp³-hybridized carbons (Fsp3) is 0.444. The number of alkyl halides is 3. The summed E-state index contributed by atoms with van der Waals surface area (Å²) in [6.07, 6.45) is -2.64. The van der Waals surface area contributed by atoms with Gasteiger partial charge < -0.3 is 0 Å². The Labute approximate surface area is 97.2 Å². The predicted molar refractivity (Wildman–Crippen MR) is 55.9 cm³/mol. The maximum Gasteiger partial charge on any atom is 0.389 e. The van der Waals surface area contributed by atoms with Crippen LogP contribution in [0.15, 0.2) is 30.6 Å². The largest absolute Gasteiger partial charge is 0.389 e. The Morgan fingerprint density at radius 3 is 1.88 bits per heavy atom. The van der Waals surface area contributed by atoms with Crippen LogP contribution in [-0.2, 0) is 10.1 Å². The zero-order valence-corrected chi connectivity index (χ0v) is 9.58. The first-order valence-electron chi connectivity index (χ1n) is 4.57. The Morgan fingerprint density at radius 2 is 1.65 bits per heavy atom. The van der Waals surface area contributed by atoms with Crippen LogP contribution in [0.3, 0.4) is 0 Å². The van der Waals surface area contributed by atoms with E-state index in [1.807, 2.05) is 18.2 Å². The number of nitrogens with zero attached hydrogens (tertiary/aromatic N) is 1. The third-order valence-electron chi connectivity index (χ3n) is 1.43. The average molecular weight is 271 g/mol. The standard InChI is InChI=1S/C5H5N.C4H7F3O3S/c1-2-4-6-5-3-1;5-4(6,7)2-1-3-11(8,9)10/h1-5H;1-3H2,(H,8,9,10). The molecule has 98 valence electrons. The Bertz CT molecular complexity index is 365. The van der Waals surface area contributed by atoms with Crippen molar-refractivity contribution >= 4 is 10.1 Å². The van der Waals surface area contributed by atoms with Gasteiger partial charge in [-0.25, -0.2) is 0 Å². The van der Waals surface area contributed by atoms with Gasteiger partial charge in [-0.2, -0.15) is 21.6 Å². The topological polar surface area (TPSA) is 67.3 Å². The van der Waals surface area contributed by atoms with Crippen LogP contribution in [0.2, 0.25) is 0 Å². The normalized spacial score (nSPS) is 11.5. The molecule has 4 nitrogen and oxygen atoms in total. The first-order valence-corrected chi connectivity index (χ1v) is 6.18. The first-order chi connectivity index (χ1) is 7.71. The van der Waals surface area contributed by atoms with Crippen molar-refractivity contribution in [3.8, 4) is 0 Å². The van der Waals surface area contributed by atoms with Crippen molar-refractivity contribution in [3.05, 3.63) is 30.6 Å². The molecule has 0 aliphatic heterocycles. The third-order valence-corrected chi connectivity index (χ3v) is 2.23. The maximum atomic E-state index is 11.4. The minimum atomic E-state index is -4.36. The summed E-state index contributed by atoms with van der Waals surface area (Å²) >= 11 is 0. The molecule has 0 unspecified atom stereocenters. The summed E-state index contributed by atoms with van der Waals surface area (Å²) in [5.41, 5.74) is 0. The summed E-state index contributed by atoms with van der Waals surface area (Å²) in [5.74, 6) is -0.841. The number of aromatic nitrogens is 1. The molecule has 0 aliphatic rings. The van der Waals surface area contributed by atoms with Crippen molar-refractivity contribution in [1.29, 1.82) is 0 Å². The highest BCUT2D eigenvalue weighted by molar-refractivity contribution is 7.85. The number of hydrogen-bond donors (Lipinski definition) is 1. The van der Waals surface area contributed by atoms with E-state index >= 15 is 0 Å². The molecule has 0 fully saturated rings. The van der Waals surface area contributed by atoms with Gasteiger partial charge in [0.15, 0.2) is 0 Å². The molecule has 1 heterocycles. The lowest BCUT2D eigenvalue weighted by atomic mass is 10.3. The fourth-order valence-electron chi connectivity index (χ4n) is 0.768. The van der Waals surface area contributed by atoms with E-state index in [9.17, 15) is 21.6 Å². The summed E-state index contributed by atoms with van der Waals surface area (Å²) in [6.45, 7) is 0. The van der Waals surface area contributed by atoms with Gasteiger partial charge in [-0.1, -0.05) is 6.07 Å². The van der Waals surface area contributed by atoms with Gasteiger partial charge in [0.2, 0.25) is 0 Å². The van der Waals surface area contributed by atoms with Gasteiger partial charge in [0.25, 0.3) is 10.1 Å². The molecule has 0 bridgehead atoms. The average Bonchev–Trinajstić information content (AvgIpc) is 2.17. The Kier molecular flexibility index (Phi) is 6.74. The Hall–Kier alpha value is -1.15. The molecule has 1 N–H and O–H groups in total. The molecule has 0 aliphatic carbocycles. The van der Waals surface area contributed by atoms with Crippen molar-refractivity contribution in [3.63, 3.8) is 0 Å². The van der Waals surface area contributed by atoms with Gasteiger partial charge in [0.05, 0.1) is 5.75 Å². The quantitative estimate of drug-likeness (QED) is 0.856. The fourth-order valence-corrected chi connectivity index (χ4v) is 1.28. The molecule has 1 rings (SSSR count). The van der Waals surface area contributed by atoms with Gasteiger partial charge in [-0.05, 0) is 18.6 Å². The molecule has 17 heavy (non-hydrogen) atoms. The molecule has 8 heteroatoms. The van der Waals surface area contributed by atoms with Crippen molar-refractivity contribution in [1.82, 2.24) is 4.98 Å². The zero-order chi connectivity index (χ0) is 13.4. The van der Waals surface area contributed by atoms with E-state index in [0.717, 1.165) is 0 Å². The molecule has 1 aromatic rings. The van der Waals surface area contributed by atoms with E-state index in [1.165, 1.54) is 0 Å². The van der Waals surface area contributed by atoms with E-state index in [0.29, 0.717) is 0 Å². The van der Waals surface area contributed by atoms with Gasteiger partial charge in [-0.15, -0.1) is 0 Å². The van der Waals surface area contributed by atoms with E-state index in [4.69, 9.17) is 4.55 Å². The molecule has 0 amide bonds. The second kappa shape index (κ2) is 7.23. The van der Waals surface area contributed by atoms with E-state index in [1.54, 1.807) is 12.4 Å². The second-order valence-electron chi connectivity index (χ2n) is 3.03. The van der Waals surface area contributed by atoms with Gasteiger partial charge >= 0.3 is 6.18 Å². The van der Waals surface area contributed by atoms with Crippen molar-refractivity contribution in [2.24, 2.45) is 0 Å². The van der Waals surface area contributed by atoms with Crippen LogP contribution in [0.5, 0.6) is 0 Å². The highest BCUT2D eigenvalue weighted by Gasteiger charge is 2.26. The molecule has 0 saturated carbocycles. The summed E-state index contributed by atoms with van der Waals surface area (Å²) in [5, 5.41) is 0. The van der Waals surface area contributed by atoms with Gasteiger partial charge in [0.1, 0.15) is 0 Å². The van der Waals surface area contributed by atoms with Crippen LogP contribution in [0.4, 0.5) is 13.2 Å². The number of pyridine rings is 1. The number of halogens is 3. The lowest BCUT2D eigenvalue weighted by Gasteiger charge is -2.03. The minimum Gasteiger partial charge on any atom is -0.286 e. The first kappa shape index (κ1) is 15.9. The Balaban J connectivity index is 0.000000354. The van der Waals surface area contributed by atoms with E-state index in [-0.39, 0.29) is 0 Å². The molecule has 0 spiro atoms. The van der Waals surface area contributed by atoms with Crippen molar-refractivity contribution in [2.45, 2.75) is 19.0 Å². The lowest BCUT2D eigenvalue weighted by Crippen LogP contribution is -2.11. The lowest BCUT2D eigenvalue weighted by molar-refractivity contribution is -0.134. The van der Waals surface area contributed by atoms with Crippen LogP contribution >= 0.6 is 0 Å². The molecule has 1 aromatic heterocycles.